The topological polar surface area (TPSA) is 66.9 Å². The lowest BCUT2D eigenvalue weighted by Crippen LogP contribution is -2.15. The summed E-state index contributed by atoms with van der Waals surface area (Å²) in [4.78, 5) is 20.9. The van der Waals surface area contributed by atoms with Gasteiger partial charge in [-0.2, -0.15) is 0 Å². The number of carbonyl (C=O) groups is 1. The minimum Gasteiger partial charge on any atom is -0.350 e. The minimum absolute atomic E-state index is 0.246. The number of hydrogen-bond donors (Lipinski definition) is 2. The maximum absolute atomic E-state index is 12.9. The monoisotopic (exact) mass is 364 g/mol. The molecule has 0 aliphatic heterocycles. The van der Waals surface area contributed by atoms with Crippen LogP contribution in [0.1, 0.15) is 34.0 Å². The highest BCUT2D eigenvalue weighted by atomic mass is 19.1. The van der Waals surface area contributed by atoms with Gasteiger partial charge in [0, 0.05) is 24.6 Å². The van der Waals surface area contributed by atoms with Crippen LogP contribution in [0, 0.1) is 12.7 Å². The number of nitrogens with one attached hydrogen (secondary N) is 2. The van der Waals surface area contributed by atoms with E-state index in [1.165, 1.54) is 24.5 Å². The van der Waals surface area contributed by atoms with Gasteiger partial charge in [0.05, 0.1) is 5.56 Å². The van der Waals surface area contributed by atoms with Crippen molar-refractivity contribution in [1.29, 1.82) is 0 Å². The van der Waals surface area contributed by atoms with E-state index in [0.29, 0.717) is 18.1 Å². The predicted octanol–water partition coefficient (Wildman–Crippen LogP) is 4.35. The first kappa shape index (κ1) is 18.5. The summed E-state index contributed by atoms with van der Waals surface area (Å²) in [6, 6.07) is 12.1. The number of para-hydroxylation sites is 1. The van der Waals surface area contributed by atoms with Gasteiger partial charge < -0.3 is 10.6 Å². The summed E-state index contributed by atoms with van der Waals surface area (Å²) >= 11 is 0. The van der Waals surface area contributed by atoms with E-state index in [4.69, 9.17) is 0 Å². The maximum atomic E-state index is 12.9. The number of carbonyl (C=O) groups excluding carboxylic acids is 1. The largest absolute Gasteiger partial charge is 0.350 e. The molecule has 138 valence electrons. The van der Waals surface area contributed by atoms with E-state index in [-0.39, 0.29) is 11.7 Å². The summed E-state index contributed by atoms with van der Waals surface area (Å²) in [5, 5.41) is 6.00. The van der Waals surface area contributed by atoms with Crippen molar-refractivity contribution in [2.24, 2.45) is 0 Å². The highest BCUT2D eigenvalue weighted by molar-refractivity contribution is 6.04. The normalized spacial score (nSPS) is 10.5. The molecule has 0 bridgehead atoms. The van der Waals surface area contributed by atoms with Gasteiger partial charge in [0.2, 0.25) is 5.95 Å². The van der Waals surface area contributed by atoms with Gasteiger partial charge in [-0.25, -0.2) is 14.4 Å². The number of benzene rings is 2. The van der Waals surface area contributed by atoms with Crippen LogP contribution in [0.4, 0.5) is 16.0 Å². The molecule has 0 atom stereocenters. The van der Waals surface area contributed by atoms with Crippen LogP contribution in [0.3, 0.4) is 0 Å². The number of hydrogen-bond acceptors (Lipinski definition) is 4. The Labute approximate surface area is 157 Å². The van der Waals surface area contributed by atoms with Gasteiger partial charge in [-0.3, -0.25) is 4.79 Å². The number of amides is 1. The van der Waals surface area contributed by atoms with Crippen molar-refractivity contribution in [3.05, 3.63) is 82.9 Å². The molecular weight excluding hydrogens is 343 g/mol. The molecule has 0 fully saturated rings. The van der Waals surface area contributed by atoms with Crippen molar-refractivity contribution in [3.8, 4) is 0 Å². The van der Waals surface area contributed by atoms with E-state index in [9.17, 15) is 9.18 Å². The van der Waals surface area contributed by atoms with Crippen LogP contribution in [-0.2, 0) is 13.0 Å². The second kappa shape index (κ2) is 8.40. The lowest BCUT2D eigenvalue weighted by molar-refractivity contribution is 0.102. The second-order valence-corrected chi connectivity index (χ2v) is 6.19. The molecule has 2 aromatic carbocycles. The zero-order chi connectivity index (χ0) is 19.2. The number of halogens is 1. The molecule has 5 nitrogen and oxygen atoms in total. The highest BCUT2D eigenvalue weighted by Gasteiger charge is 2.11. The van der Waals surface area contributed by atoms with Crippen LogP contribution in [-0.4, -0.2) is 15.9 Å². The number of aromatic nitrogens is 2. The summed E-state index contributed by atoms with van der Waals surface area (Å²) in [6.07, 6.45) is 3.80. The Morgan fingerprint density at radius 1 is 1.07 bits per heavy atom. The van der Waals surface area contributed by atoms with Crippen LogP contribution in [0.5, 0.6) is 0 Å². The number of anilines is 2. The second-order valence-electron chi connectivity index (χ2n) is 6.19. The lowest BCUT2D eigenvalue weighted by Gasteiger charge is -2.13. The Bertz CT molecular complexity index is 924. The molecular formula is C21H21FN4O. The predicted molar refractivity (Wildman–Crippen MR) is 104 cm³/mol. The summed E-state index contributed by atoms with van der Waals surface area (Å²) < 4.78 is 12.9. The standard InChI is InChI=1S/C21H21FN4O/c1-3-16-6-4-5-14(2)19(16)26-20(27)17-12-24-21(25-13-17)23-11-15-7-9-18(22)10-8-15/h4-10,12-13H,3,11H2,1-2H3,(H,26,27)(H,23,24,25). The molecule has 0 unspecified atom stereocenters. The average Bonchev–Trinajstić information content (AvgIpc) is 2.69. The molecule has 1 aromatic heterocycles. The van der Waals surface area contributed by atoms with E-state index in [0.717, 1.165) is 28.8 Å². The molecule has 0 aliphatic rings. The van der Waals surface area contributed by atoms with Crippen LogP contribution in [0.2, 0.25) is 0 Å². The molecule has 3 aromatic rings. The van der Waals surface area contributed by atoms with Crippen LogP contribution >= 0.6 is 0 Å². The molecule has 0 spiro atoms. The number of nitrogens with zero attached hydrogens (tertiary/aromatic N) is 2. The molecule has 27 heavy (non-hydrogen) atoms. The zero-order valence-corrected chi connectivity index (χ0v) is 15.3. The van der Waals surface area contributed by atoms with Crippen molar-refractivity contribution >= 4 is 17.5 Å². The fraction of sp³-hybridized carbons (Fsp3) is 0.190. The third kappa shape index (κ3) is 4.67. The summed E-state index contributed by atoms with van der Waals surface area (Å²) in [6.45, 7) is 4.48. The fourth-order valence-electron chi connectivity index (χ4n) is 2.71. The highest BCUT2D eigenvalue weighted by Crippen LogP contribution is 2.21. The molecule has 0 aliphatic carbocycles. The summed E-state index contributed by atoms with van der Waals surface area (Å²) in [5.74, 6) is -0.115. The Hall–Kier alpha value is -3.28. The molecule has 0 radical (unpaired) electrons. The van der Waals surface area contributed by atoms with Gasteiger partial charge in [-0.15, -0.1) is 0 Å². The first-order chi connectivity index (χ1) is 13.1. The molecule has 2 N–H and O–H groups in total. The maximum Gasteiger partial charge on any atom is 0.258 e. The first-order valence-electron chi connectivity index (χ1n) is 8.77. The SMILES string of the molecule is CCc1cccc(C)c1NC(=O)c1cnc(NCc2ccc(F)cc2)nc1. The molecule has 3 rings (SSSR count). The summed E-state index contributed by atoms with van der Waals surface area (Å²) in [7, 11) is 0. The van der Waals surface area contributed by atoms with Crippen LogP contribution < -0.4 is 10.6 Å². The van der Waals surface area contributed by atoms with Gasteiger partial charge in [0.15, 0.2) is 0 Å². The van der Waals surface area contributed by atoms with Gasteiger partial charge in [-0.05, 0) is 42.2 Å². The van der Waals surface area contributed by atoms with E-state index in [1.807, 2.05) is 25.1 Å². The average molecular weight is 364 g/mol. The van der Waals surface area contributed by atoms with E-state index in [2.05, 4.69) is 27.5 Å². The molecule has 6 heteroatoms. The zero-order valence-electron chi connectivity index (χ0n) is 15.3. The third-order valence-electron chi connectivity index (χ3n) is 4.26. The van der Waals surface area contributed by atoms with Crippen molar-refractivity contribution in [3.63, 3.8) is 0 Å². The fourth-order valence-corrected chi connectivity index (χ4v) is 2.71. The van der Waals surface area contributed by atoms with Crippen molar-refractivity contribution in [1.82, 2.24) is 9.97 Å². The molecule has 0 saturated carbocycles. The van der Waals surface area contributed by atoms with Crippen molar-refractivity contribution in [2.45, 2.75) is 26.8 Å². The van der Waals surface area contributed by atoms with E-state index < -0.39 is 0 Å². The Balaban J connectivity index is 1.64. The van der Waals surface area contributed by atoms with Gasteiger partial charge in [0.1, 0.15) is 5.82 Å². The van der Waals surface area contributed by atoms with Crippen LogP contribution in [0.15, 0.2) is 54.9 Å². The Kier molecular flexibility index (Phi) is 5.76. The quantitative estimate of drug-likeness (QED) is 0.682. The number of aryl methyl sites for hydroxylation is 2. The minimum atomic E-state index is -0.273. The Morgan fingerprint density at radius 2 is 1.78 bits per heavy atom. The van der Waals surface area contributed by atoms with E-state index >= 15 is 0 Å². The van der Waals surface area contributed by atoms with E-state index in [1.54, 1.807) is 12.1 Å². The van der Waals surface area contributed by atoms with Crippen molar-refractivity contribution < 1.29 is 9.18 Å². The Morgan fingerprint density at radius 3 is 2.44 bits per heavy atom. The molecule has 0 saturated heterocycles. The van der Waals surface area contributed by atoms with Crippen LogP contribution in [0.25, 0.3) is 0 Å². The van der Waals surface area contributed by atoms with Crippen molar-refractivity contribution in [2.75, 3.05) is 10.6 Å². The molecule has 1 heterocycles. The van der Waals surface area contributed by atoms with Gasteiger partial charge in [-0.1, -0.05) is 37.3 Å². The smallest absolute Gasteiger partial charge is 0.258 e. The molecule has 1 amide bonds. The number of rotatable bonds is 6. The first-order valence-corrected chi connectivity index (χ1v) is 8.77. The van der Waals surface area contributed by atoms with Gasteiger partial charge >= 0.3 is 0 Å². The lowest BCUT2D eigenvalue weighted by atomic mass is 10.1. The third-order valence-corrected chi connectivity index (χ3v) is 4.26. The summed E-state index contributed by atoms with van der Waals surface area (Å²) in [5.41, 5.74) is 4.23. The van der Waals surface area contributed by atoms with Gasteiger partial charge in [0.25, 0.3) is 5.91 Å².